The van der Waals surface area contributed by atoms with Gasteiger partial charge in [0.25, 0.3) is 0 Å². The van der Waals surface area contributed by atoms with Gasteiger partial charge in [0.15, 0.2) is 0 Å². The Morgan fingerprint density at radius 2 is 0.885 bits per heavy atom. The highest BCUT2D eigenvalue weighted by Gasteiger charge is 2.45. The standard InChI is InChI=1S/2C21H25ClO6.C3H8O2/c2*1-2-27-15-6-3-12(4-7-15)9-14-10-13(5-8-16(14)22)21-20(26)19(25)18(24)17(11-23)28-21;1-3(5)2-4/h2*3-8,10,17-21,23-26H,2,9,11H2,1H3;3-5H,2H2,1H3/t2*17-,18-,19+,20-,21+;3-/m110/s1. The summed E-state index contributed by atoms with van der Waals surface area (Å²) in [5.74, 6) is 1.60. The van der Waals surface area contributed by atoms with Crippen LogP contribution in [0.15, 0.2) is 84.9 Å². The van der Waals surface area contributed by atoms with E-state index in [4.69, 9.17) is 52.4 Å². The number of aliphatic hydroxyl groups is 10. The molecule has 0 spiro atoms. The van der Waals surface area contributed by atoms with E-state index in [1.807, 2.05) is 74.5 Å². The van der Waals surface area contributed by atoms with E-state index in [1.54, 1.807) is 24.3 Å². The fourth-order valence-corrected chi connectivity index (χ4v) is 7.12. The SMILES string of the molecule is CCOc1ccc(Cc2cc([C@@H]3O[C@H](CO)[C@@H](O)[C@H](O)[C@H]3O)ccc2Cl)cc1.CCOc1ccc(Cc2cc([C@@H]3O[C@H](CO)[C@@H](O)[C@H](O)[C@H]3O)ccc2Cl)cc1.C[C@H](O)CO. The molecule has 6 rings (SSSR count). The van der Waals surface area contributed by atoms with Crippen LogP contribution in [-0.4, -0.2) is 139 Å². The number of rotatable bonds is 13. The van der Waals surface area contributed by atoms with Crippen LogP contribution in [0, 0.1) is 0 Å². The summed E-state index contributed by atoms with van der Waals surface area (Å²) in [4.78, 5) is 0. The average Bonchev–Trinajstić information content (AvgIpc) is 3.26. The fourth-order valence-electron chi connectivity index (χ4n) is 6.75. The van der Waals surface area contributed by atoms with E-state index in [0.29, 0.717) is 47.2 Å². The predicted molar refractivity (Wildman–Crippen MR) is 228 cm³/mol. The fraction of sp³-hybridized carbons (Fsp3) is 0.467. The maximum absolute atomic E-state index is 10.3. The van der Waals surface area contributed by atoms with E-state index in [-0.39, 0.29) is 6.61 Å². The van der Waals surface area contributed by atoms with Gasteiger partial charge in [0.1, 0.15) is 72.5 Å². The van der Waals surface area contributed by atoms with Crippen LogP contribution >= 0.6 is 23.2 Å². The van der Waals surface area contributed by atoms with Gasteiger partial charge in [-0.25, -0.2) is 0 Å². The molecule has 16 heteroatoms. The zero-order valence-electron chi connectivity index (χ0n) is 34.2. The van der Waals surface area contributed by atoms with Crippen LogP contribution in [0.25, 0.3) is 0 Å². The van der Waals surface area contributed by atoms with Crippen molar-refractivity contribution in [2.75, 3.05) is 33.0 Å². The molecular formula is C45H58Cl2O14. The number of ether oxygens (including phenoxy) is 4. The van der Waals surface area contributed by atoms with Gasteiger partial charge in [-0.2, -0.15) is 0 Å². The van der Waals surface area contributed by atoms with Crippen molar-refractivity contribution in [1.29, 1.82) is 0 Å². The lowest BCUT2D eigenvalue weighted by atomic mass is 9.90. The number of benzene rings is 4. The summed E-state index contributed by atoms with van der Waals surface area (Å²) in [5.41, 5.74) is 4.97. The first kappa shape index (κ1) is 50.2. The molecule has 10 N–H and O–H groups in total. The van der Waals surface area contributed by atoms with Gasteiger partial charge in [-0.3, -0.25) is 0 Å². The van der Waals surface area contributed by atoms with E-state index >= 15 is 0 Å². The van der Waals surface area contributed by atoms with Crippen LogP contribution in [-0.2, 0) is 22.3 Å². The lowest BCUT2D eigenvalue weighted by Gasteiger charge is -2.40. The minimum absolute atomic E-state index is 0.139. The van der Waals surface area contributed by atoms with Gasteiger partial charge < -0.3 is 70.0 Å². The van der Waals surface area contributed by atoms with Gasteiger partial charge in [0, 0.05) is 10.0 Å². The molecule has 0 aromatic heterocycles. The smallest absolute Gasteiger partial charge is 0.119 e. The Morgan fingerprint density at radius 3 is 1.18 bits per heavy atom. The first-order chi connectivity index (χ1) is 29.1. The van der Waals surface area contributed by atoms with Gasteiger partial charge in [-0.05, 0) is 103 Å². The zero-order chi connectivity index (χ0) is 44.8. The molecule has 4 aromatic rings. The molecule has 2 aliphatic heterocycles. The largest absolute Gasteiger partial charge is 0.494 e. The van der Waals surface area contributed by atoms with Crippen LogP contribution in [0.5, 0.6) is 11.5 Å². The summed E-state index contributed by atoms with van der Waals surface area (Å²) >= 11 is 12.7. The Balaban J connectivity index is 0.000000242. The predicted octanol–water partition coefficient (Wildman–Crippen LogP) is 3.05. The quantitative estimate of drug-likeness (QED) is 0.0929. The van der Waals surface area contributed by atoms with E-state index in [0.717, 1.165) is 33.8 Å². The van der Waals surface area contributed by atoms with Crippen molar-refractivity contribution in [2.45, 2.75) is 101 Å². The van der Waals surface area contributed by atoms with E-state index in [2.05, 4.69) is 0 Å². The maximum atomic E-state index is 10.3. The Hall–Kier alpha value is -3.42. The van der Waals surface area contributed by atoms with Crippen LogP contribution in [0.2, 0.25) is 10.0 Å². The Morgan fingerprint density at radius 1 is 0.541 bits per heavy atom. The second-order valence-electron chi connectivity index (χ2n) is 14.7. The summed E-state index contributed by atoms with van der Waals surface area (Å²) in [6.07, 6.45) is -11.3. The summed E-state index contributed by atoms with van der Waals surface area (Å²) in [5, 5.41) is 96.5. The molecule has 0 aliphatic carbocycles. The van der Waals surface area contributed by atoms with Crippen LogP contribution in [0.1, 0.15) is 66.4 Å². The molecule has 2 fully saturated rings. The molecule has 0 unspecified atom stereocenters. The molecule has 4 aromatic carbocycles. The normalized spacial score (nSPS) is 26.5. The molecule has 2 heterocycles. The van der Waals surface area contributed by atoms with Crippen LogP contribution in [0.4, 0.5) is 0 Å². The van der Waals surface area contributed by atoms with E-state index in [9.17, 15) is 40.9 Å². The van der Waals surface area contributed by atoms with Crippen molar-refractivity contribution in [3.8, 4) is 11.5 Å². The van der Waals surface area contributed by atoms with Crippen molar-refractivity contribution in [1.82, 2.24) is 0 Å². The second-order valence-corrected chi connectivity index (χ2v) is 15.6. The number of hydrogen-bond donors (Lipinski definition) is 10. The summed E-state index contributed by atoms with van der Waals surface area (Å²) in [6.45, 7) is 5.53. The van der Waals surface area contributed by atoms with E-state index < -0.39 is 80.4 Å². The highest BCUT2D eigenvalue weighted by atomic mass is 35.5. The first-order valence-corrected chi connectivity index (χ1v) is 20.8. The Bertz CT molecular complexity index is 1760. The molecule has 0 amide bonds. The average molecular weight is 894 g/mol. The molecule has 61 heavy (non-hydrogen) atoms. The molecule has 0 saturated carbocycles. The van der Waals surface area contributed by atoms with Crippen molar-refractivity contribution in [3.63, 3.8) is 0 Å². The third-order valence-corrected chi connectivity index (χ3v) is 10.8. The lowest BCUT2D eigenvalue weighted by molar-refractivity contribution is -0.231. The lowest BCUT2D eigenvalue weighted by Crippen LogP contribution is -2.55. The topological polar surface area (TPSA) is 239 Å². The summed E-state index contributed by atoms with van der Waals surface area (Å²) in [6, 6.07) is 25.9. The maximum Gasteiger partial charge on any atom is 0.119 e. The number of hydrogen-bond acceptors (Lipinski definition) is 14. The molecule has 11 atom stereocenters. The highest BCUT2D eigenvalue weighted by molar-refractivity contribution is 6.31. The molecule has 14 nitrogen and oxygen atoms in total. The molecule has 336 valence electrons. The molecule has 0 bridgehead atoms. The van der Waals surface area contributed by atoms with Crippen molar-refractivity contribution in [3.05, 3.63) is 128 Å². The zero-order valence-corrected chi connectivity index (χ0v) is 35.8. The third-order valence-electron chi connectivity index (χ3n) is 10.1. The number of halogens is 2. The summed E-state index contributed by atoms with van der Waals surface area (Å²) < 4.78 is 22.2. The van der Waals surface area contributed by atoms with Crippen molar-refractivity contribution < 1.29 is 70.0 Å². The molecular weight excluding hydrogens is 835 g/mol. The molecule has 2 aliphatic rings. The highest BCUT2D eigenvalue weighted by Crippen LogP contribution is 2.36. The number of aliphatic hydroxyl groups excluding tert-OH is 10. The first-order valence-electron chi connectivity index (χ1n) is 20.1. The second kappa shape index (κ2) is 24.4. The molecule has 0 radical (unpaired) electrons. The van der Waals surface area contributed by atoms with Gasteiger partial charge in [-0.1, -0.05) is 71.7 Å². The van der Waals surface area contributed by atoms with Crippen LogP contribution in [0.3, 0.4) is 0 Å². The van der Waals surface area contributed by atoms with Crippen molar-refractivity contribution >= 4 is 23.2 Å². The Kier molecular flexibility index (Phi) is 20.1. The molecule has 2 saturated heterocycles. The monoisotopic (exact) mass is 892 g/mol. The van der Waals surface area contributed by atoms with Crippen LogP contribution < -0.4 is 9.47 Å². The van der Waals surface area contributed by atoms with Gasteiger partial charge in [0.2, 0.25) is 0 Å². The summed E-state index contributed by atoms with van der Waals surface area (Å²) in [7, 11) is 0. The minimum atomic E-state index is -1.42. The van der Waals surface area contributed by atoms with Gasteiger partial charge in [0.05, 0.1) is 39.1 Å². The van der Waals surface area contributed by atoms with Gasteiger partial charge >= 0.3 is 0 Å². The third kappa shape index (κ3) is 13.8. The Labute approximate surface area is 365 Å². The van der Waals surface area contributed by atoms with E-state index in [1.165, 1.54) is 6.92 Å². The van der Waals surface area contributed by atoms with Crippen molar-refractivity contribution in [2.24, 2.45) is 0 Å². The minimum Gasteiger partial charge on any atom is -0.494 e. The van der Waals surface area contributed by atoms with Gasteiger partial charge in [-0.15, -0.1) is 0 Å².